The monoisotopic (exact) mass is 578 g/mol. The second kappa shape index (κ2) is 11.5. The molecule has 0 aliphatic carbocycles. The summed E-state index contributed by atoms with van der Waals surface area (Å²) in [6.07, 6.45) is 3.70. The number of rotatable bonds is 7. The van der Waals surface area contributed by atoms with Gasteiger partial charge in [0.1, 0.15) is 0 Å². The first kappa shape index (κ1) is 26.5. The molecule has 4 heteroatoms. The van der Waals surface area contributed by atoms with Gasteiger partial charge in [-0.05, 0) is 97.1 Å². The largest absolute Gasteiger partial charge is 0.311 e. The molecule has 0 saturated carbocycles. The third-order valence-electron chi connectivity index (χ3n) is 8.24. The van der Waals surface area contributed by atoms with Crippen LogP contribution in [0.25, 0.3) is 27.5 Å². The molecule has 0 amide bonds. The van der Waals surface area contributed by atoms with Crippen LogP contribution in [0.1, 0.15) is 0 Å². The summed E-state index contributed by atoms with van der Waals surface area (Å²) in [5.41, 5.74) is 10.1. The minimum Gasteiger partial charge on any atom is -0.311 e. The van der Waals surface area contributed by atoms with Crippen LogP contribution in [-0.4, -0.2) is 9.55 Å². The number of pyridine rings is 1. The Labute approximate surface area is 262 Å². The van der Waals surface area contributed by atoms with Gasteiger partial charge in [0.25, 0.3) is 0 Å². The van der Waals surface area contributed by atoms with Gasteiger partial charge in [-0.3, -0.25) is 4.98 Å². The van der Waals surface area contributed by atoms with Gasteiger partial charge >= 0.3 is 0 Å². The van der Waals surface area contributed by atoms with E-state index in [2.05, 4.69) is 189 Å². The van der Waals surface area contributed by atoms with Crippen molar-refractivity contribution in [2.75, 3.05) is 9.80 Å². The van der Waals surface area contributed by atoms with Gasteiger partial charge in [0.15, 0.2) is 0 Å². The first-order valence-corrected chi connectivity index (χ1v) is 15.1. The number of aromatic nitrogens is 2. The highest BCUT2D eigenvalue weighted by Crippen LogP contribution is 2.41. The molecular formula is C41H30N4. The Morgan fingerprint density at radius 2 is 0.778 bits per heavy atom. The Bertz CT molecular complexity index is 2150. The van der Waals surface area contributed by atoms with Gasteiger partial charge in [-0.25, -0.2) is 0 Å². The highest BCUT2D eigenvalue weighted by molar-refractivity contribution is 6.10. The average molecular weight is 579 g/mol. The van der Waals surface area contributed by atoms with Gasteiger partial charge in [-0.1, -0.05) is 72.8 Å². The van der Waals surface area contributed by atoms with Crippen LogP contribution in [0, 0.1) is 0 Å². The third kappa shape index (κ3) is 4.89. The van der Waals surface area contributed by atoms with Crippen LogP contribution in [0.4, 0.5) is 34.1 Å². The molecule has 0 aliphatic rings. The maximum atomic E-state index is 4.25. The average Bonchev–Trinajstić information content (AvgIpc) is 3.45. The Balaban J connectivity index is 1.26. The molecule has 4 nitrogen and oxygen atoms in total. The van der Waals surface area contributed by atoms with Crippen molar-refractivity contribution in [1.29, 1.82) is 0 Å². The fourth-order valence-corrected chi connectivity index (χ4v) is 6.25. The zero-order valence-corrected chi connectivity index (χ0v) is 24.6. The van der Waals surface area contributed by atoms with Gasteiger partial charge in [-0.2, -0.15) is 0 Å². The van der Waals surface area contributed by atoms with Gasteiger partial charge in [0, 0.05) is 63.0 Å². The van der Waals surface area contributed by atoms with E-state index in [1.807, 2.05) is 12.4 Å². The van der Waals surface area contributed by atoms with Gasteiger partial charge in [0.2, 0.25) is 0 Å². The van der Waals surface area contributed by atoms with Crippen molar-refractivity contribution in [3.63, 3.8) is 0 Å². The standard InChI is InChI=1S/C41H30N4/c1-4-12-31(13-5-1)43(32-14-6-2-7-15-32)34-20-22-35(23-21-34)44(33-16-8-3-9-17-33)37-24-25-41-39(30-37)38-18-10-11-19-40(38)45(41)36-26-28-42-29-27-36/h1-30H. The first-order chi connectivity index (χ1) is 22.3. The van der Waals surface area contributed by atoms with Crippen LogP contribution < -0.4 is 9.80 Å². The molecule has 0 unspecified atom stereocenters. The van der Waals surface area contributed by atoms with E-state index in [9.17, 15) is 0 Å². The van der Waals surface area contributed by atoms with E-state index in [4.69, 9.17) is 0 Å². The van der Waals surface area contributed by atoms with Crippen LogP contribution in [0.5, 0.6) is 0 Å². The lowest BCUT2D eigenvalue weighted by molar-refractivity contribution is 1.15. The first-order valence-electron chi connectivity index (χ1n) is 15.1. The van der Waals surface area contributed by atoms with Crippen molar-refractivity contribution in [2.45, 2.75) is 0 Å². The van der Waals surface area contributed by atoms with Gasteiger partial charge in [0.05, 0.1) is 11.0 Å². The van der Waals surface area contributed by atoms with Crippen LogP contribution in [-0.2, 0) is 0 Å². The van der Waals surface area contributed by atoms with Gasteiger partial charge < -0.3 is 14.4 Å². The van der Waals surface area contributed by atoms with Crippen LogP contribution in [0.3, 0.4) is 0 Å². The highest BCUT2D eigenvalue weighted by Gasteiger charge is 2.18. The smallest absolute Gasteiger partial charge is 0.0542 e. The maximum absolute atomic E-state index is 4.25. The minimum absolute atomic E-state index is 1.09. The van der Waals surface area contributed by atoms with E-state index in [1.54, 1.807) is 0 Å². The molecular weight excluding hydrogens is 548 g/mol. The molecule has 0 bridgehead atoms. The van der Waals surface area contributed by atoms with E-state index in [-0.39, 0.29) is 0 Å². The summed E-state index contributed by atoms with van der Waals surface area (Å²) in [5, 5.41) is 2.42. The van der Waals surface area contributed by atoms with E-state index < -0.39 is 0 Å². The number of fused-ring (bicyclic) bond motifs is 3. The topological polar surface area (TPSA) is 24.3 Å². The lowest BCUT2D eigenvalue weighted by Crippen LogP contribution is -2.12. The van der Waals surface area contributed by atoms with E-state index in [0.29, 0.717) is 0 Å². The second-order valence-electron chi connectivity index (χ2n) is 11.0. The molecule has 0 saturated heterocycles. The molecule has 0 N–H and O–H groups in total. The summed E-state index contributed by atoms with van der Waals surface area (Å²) in [4.78, 5) is 8.87. The van der Waals surface area contributed by atoms with Crippen LogP contribution >= 0.6 is 0 Å². The summed E-state index contributed by atoms with van der Waals surface area (Å²) >= 11 is 0. The lowest BCUT2D eigenvalue weighted by atomic mass is 10.1. The zero-order chi connectivity index (χ0) is 30.0. The third-order valence-corrected chi connectivity index (χ3v) is 8.24. The zero-order valence-electron chi connectivity index (χ0n) is 24.6. The maximum Gasteiger partial charge on any atom is 0.0542 e. The number of nitrogens with zero attached hydrogens (tertiary/aromatic N) is 4. The van der Waals surface area contributed by atoms with Crippen molar-refractivity contribution in [3.05, 3.63) is 182 Å². The molecule has 0 fully saturated rings. The molecule has 0 radical (unpaired) electrons. The molecule has 6 aromatic carbocycles. The molecule has 0 atom stereocenters. The number of benzene rings is 6. The van der Waals surface area contributed by atoms with Gasteiger partial charge in [-0.15, -0.1) is 0 Å². The highest BCUT2D eigenvalue weighted by atomic mass is 15.2. The number of para-hydroxylation sites is 4. The fraction of sp³-hybridized carbons (Fsp3) is 0. The predicted octanol–water partition coefficient (Wildman–Crippen LogP) is 11.1. The van der Waals surface area contributed by atoms with Crippen molar-refractivity contribution in [1.82, 2.24) is 9.55 Å². The summed E-state index contributed by atoms with van der Waals surface area (Å²) in [6.45, 7) is 0. The molecule has 214 valence electrons. The van der Waals surface area contributed by atoms with E-state index in [1.165, 1.54) is 16.3 Å². The van der Waals surface area contributed by atoms with Crippen molar-refractivity contribution >= 4 is 55.9 Å². The SMILES string of the molecule is c1ccc(N(c2ccccc2)c2ccc(N(c3ccccc3)c3ccc4c(c3)c3ccccc3n4-c3ccncc3)cc2)cc1. The predicted molar refractivity (Wildman–Crippen MR) is 188 cm³/mol. The quantitative estimate of drug-likeness (QED) is 0.188. The number of hydrogen-bond donors (Lipinski definition) is 0. The molecule has 2 aromatic heterocycles. The Morgan fingerprint density at radius 3 is 1.33 bits per heavy atom. The summed E-state index contributed by atoms with van der Waals surface area (Å²) in [6, 6.07) is 60.0. The van der Waals surface area contributed by atoms with Crippen LogP contribution in [0.15, 0.2) is 182 Å². The summed E-state index contributed by atoms with van der Waals surface area (Å²) in [5.74, 6) is 0. The Kier molecular flexibility index (Phi) is 6.78. The Morgan fingerprint density at radius 1 is 0.356 bits per heavy atom. The van der Waals surface area contributed by atoms with Crippen molar-refractivity contribution < 1.29 is 0 Å². The Hall–Kier alpha value is -6.13. The van der Waals surface area contributed by atoms with E-state index in [0.717, 1.165) is 45.3 Å². The fourth-order valence-electron chi connectivity index (χ4n) is 6.25. The number of hydrogen-bond acceptors (Lipinski definition) is 3. The molecule has 2 heterocycles. The van der Waals surface area contributed by atoms with E-state index >= 15 is 0 Å². The normalized spacial score (nSPS) is 11.1. The van der Waals surface area contributed by atoms with Crippen molar-refractivity contribution in [3.8, 4) is 5.69 Å². The number of anilines is 6. The molecule has 0 spiro atoms. The van der Waals surface area contributed by atoms with Crippen LogP contribution in [0.2, 0.25) is 0 Å². The molecule has 0 aliphatic heterocycles. The minimum atomic E-state index is 1.09. The second-order valence-corrected chi connectivity index (χ2v) is 11.0. The summed E-state index contributed by atoms with van der Waals surface area (Å²) < 4.78 is 2.32. The molecule has 8 rings (SSSR count). The molecule has 8 aromatic rings. The summed E-state index contributed by atoms with van der Waals surface area (Å²) in [7, 11) is 0. The van der Waals surface area contributed by atoms with Crippen molar-refractivity contribution in [2.24, 2.45) is 0 Å². The molecule has 45 heavy (non-hydrogen) atoms. The lowest BCUT2D eigenvalue weighted by Gasteiger charge is -2.28.